The summed E-state index contributed by atoms with van der Waals surface area (Å²) in [5, 5.41) is 17.8. The van der Waals surface area contributed by atoms with Crippen molar-refractivity contribution in [3.05, 3.63) is 107 Å². The number of benzene rings is 4. The summed E-state index contributed by atoms with van der Waals surface area (Å²) >= 11 is 0. The minimum absolute atomic E-state index is 0.0989. The van der Waals surface area contributed by atoms with Crippen molar-refractivity contribution in [2.75, 3.05) is 5.32 Å². The second-order valence-electron chi connectivity index (χ2n) is 12.8. The summed E-state index contributed by atoms with van der Waals surface area (Å²) in [7, 11) is 0. The van der Waals surface area contributed by atoms with Crippen LogP contribution >= 0.6 is 0 Å². The third-order valence-electron chi connectivity index (χ3n) is 7.92. The van der Waals surface area contributed by atoms with Crippen molar-refractivity contribution < 1.29 is 24.2 Å². The molecule has 2 atom stereocenters. The molecule has 0 aliphatic heterocycles. The molecule has 0 saturated heterocycles. The zero-order chi connectivity index (χ0) is 32.3. The lowest BCUT2D eigenvalue weighted by molar-refractivity contribution is -0.141. The number of alkyl carbamates (subject to hydrolysis) is 1. The molecule has 0 heterocycles. The third-order valence-corrected chi connectivity index (χ3v) is 7.92. The Morgan fingerprint density at radius 1 is 0.889 bits per heavy atom. The van der Waals surface area contributed by atoms with Gasteiger partial charge in [-0.05, 0) is 105 Å². The van der Waals surface area contributed by atoms with Gasteiger partial charge in [-0.25, -0.2) is 4.79 Å². The van der Waals surface area contributed by atoms with Crippen LogP contribution in [0.15, 0.2) is 84.9 Å². The van der Waals surface area contributed by atoms with Crippen LogP contribution in [0.2, 0.25) is 0 Å². The molecule has 4 aromatic rings. The fourth-order valence-electron chi connectivity index (χ4n) is 5.70. The molecule has 1 saturated carbocycles. The highest BCUT2D eigenvalue weighted by Crippen LogP contribution is 2.38. The first-order valence-corrected chi connectivity index (χ1v) is 15.3. The maximum atomic E-state index is 14.7. The lowest BCUT2D eigenvalue weighted by Gasteiger charge is -2.36. The maximum Gasteiger partial charge on any atom is 0.408 e. The molecule has 0 aromatic heterocycles. The van der Waals surface area contributed by atoms with Gasteiger partial charge in [0.15, 0.2) is 0 Å². The summed E-state index contributed by atoms with van der Waals surface area (Å²) in [5.41, 5.74) is 3.14. The van der Waals surface area contributed by atoms with Crippen molar-refractivity contribution >= 4 is 34.4 Å². The van der Waals surface area contributed by atoms with E-state index in [-0.39, 0.29) is 30.0 Å². The lowest BCUT2D eigenvalue weighted by atomic mass is 9.93. The normalized spacial score (nSPS) is 14.3. The molecular formula is C37H41N3O5. The Labute approximate surface area is 264 Å². The molecule has 4 aromatic carbocycles. The molecule has 0 bridgehead atoms. The summed E-state index contributed by atoms with van der Waals surface area (Å²) in [5.74, 6) is -0.608. The molecule has 5 rings (SSSR count). The molecule has 8 nitrogen and oxygen atoms in total. The first kappa shape index (κ1) is 31.6. The molecular weight excluding hydrogens is 566 g/mol. The topological polar surface area (TPSA) is 108 Å². The molecule has 3 N–H and O–H groups in total. The van der Waals surface area contributed by atoms with Gasteiger partial charge in [-0.3, -0.25) is 9.59 Å². The highest BCUT2D eigenvalue weighted by atomic mass is 16.6. The SMILES string of the molecule is Cc1cccc(C)c1C(C(=O)Nc1ccc2ccccc2c1)N(C(=O)C(Cc1ccc(O)cc1)NC(=O)OC(C)(C)C)C1CC1. The fourth-order valence-corrected chi connectivity index (χ4v) is 5.70. The van der Waals surface area contributed by atoms with Crippen molar-refractivity contribution in [3.63, 3.8) is 0 Å². The second-order valence-corrected chi connectivity index (χ2v) is 12.8. The Morgan fingerprint density at radius 2 is 1.53 bits per heavy atom. The average molecular weight is 608 g/mol. The summed E-state index contributed by atoms with van der Waals surface area (Å²) in [6, 6.07) is 23.9. The highest BCUT2D eigenvalue weighted by Gasteiger charge is 2.45. The number of ether oxygens (including phenoxy) is 1. The van der Waals surface area contributed by atoms with Gasteiger partial charge >= 0.3 is 6.09 Å². The van der Waals surface area contributed by atoms with Crippen LogP contribution in [-0.2, 0) is 20.7 Å². The summed E-state index contributed by atoms with van der Waals surface area (Å²) in [6.45, 7) is 9.16. The van der Waals surface area contributed by atoms with Gasteiger partial charge in [0.25, 0.3) is 5.91 Å². The van der Waals surface area contributed by atoms with Crippen molar-refractivity contribution in [2.45, 2.75) is 77.6 Å². The van der Waals surface area contributed by atoms with E-state index < -0.39 is 23.8 Å². The van der Waals surface area contributed by atoms with Crippen LogP contribution in [-0.4, -0.2) is 45.6 Å². The van der Waals surface area contributed by atoms with E-state index in [0.29, 0.717) is 5.69 Å². The van der Waals surface area contributed by atoms with E-state index in [4.69, 9.17) is 4.74 Å². The number of nitrogens with zero attached hydrogens (tertiary/aromatic N) is 1. The van der Waals surface area contributed by atoms with Crippen molar-refractivity contribution in [1.82, 2.24) is 10.2 Å². The lowest BCUT2D eigenvalue weighted by Crippen LogP contribution is -2.54. The summed E-state index contributed by atoms with van der Waals surface area (Å²) in [6.07, 6.45) is 0.913. The number of carbonyl (C=O) groups excluding carboxylic acids is 3. The standard InChI is InChI=1S/C37H41N3O5/c1-23-9-8-10-24(2)32(23)33(34(42)38-28-16-15-26-11-6-7-12-27(26)22-28)40(29-17-18-29)35(43)31(39-36(44)45-37(3,4)5)21-25-13-19-30(41)20-14-25/h6-16,19-20,22,29,31,33,41H,17-18,21H2,1-5H3,(H,38,42)(H,39,44). The first-order valence-electron chi connectivity index (χ1n) is 15.3. The minimum atomic E-state index is -1.02. The Kier molecular flexibility index (Phi) is 9.14. The van der Waals surface area contributed by atoms with Crippen LogP contribution in [0.25, 0.3) is 10.8 Å². The van der Waals surface area contributed by atoms with Crippen molar-refractivity contribution in [3.8, 4) is 5.75 Å². The number of amides is 3. The van der Waals surface area contributed by atoms with Gasteiger partial charge in [0, 0.05) is 18.2 Å². The van der Waals surface area contributed by atoms with Crippen molar-refractivity contribution in [2.24, 2.45) is 0 Å². The Hall–Kier alpha value is -4.85. The zero-order valence-corrected chi connectivity index (χ0v) is 26.5. The van der Waals surface area contributed by atoms with Gasteiger partial charge in [0.1, 0.15) is 23.4 Å². The molecule has 45 heavy (non-hydrogen) atoms. The van der Waals surface area contributed by atoms with Crippen LogP contribution < -0.4 is 10.6 Å². The van der Waals surface area contributed by atoms with Gasteiger partial charge in [0.2, 0.25) is 5.91 Å². The van der Waals surface area contributed by atoms with Gasteiger partial charge < -0.3 is 25.4 Å². The molecule has 0 spiro atoms. The Balaban J connectivity index is 1.54. The molecule has 8 heteroatoms. The number of hydrogen-bond acceptors (Lipinski definition) is 5. The summed E-state index contributed by atoms with van der Waals surface area (Å²) in [4.78, 5) is 43.8. The third kappa shape index (κ3) is 7.81. The number of aromatic hydroxyl groups is 1. The first-order chi connectivity index (χ1) is 21.4. The average Bonchev–Trinajstić information content (AvgIpc) is 3.81. The molecule has 0 radical (unpaired) electrons. The number of rotatable bonds is 9. The van der Waals surface area contributed by atoms with E-state index >= 15 is 0 Å². The van der Waals surface area contributed by atoms with E-state index in [2.05, 4.69) is 10.6 Å². The Bertz CT molecular complexity index is 1690. The molecule has 1 aliphatic rings. The molecule has 2 unspecified atom stereocenters. The van der Waals surface area contributed by atoms with Gasteiger partial charge in [0.05, 0.1) is 0 Å². The van der Waals surface area contributed by atoms with Crippen LogP contribution in [0.1, 0.15) is 61.9 Å². The molecule has 3 amide bonds. The van der Waals surface area contributed by atoms with Crippen LogP contribution in [0.5, 0.6) is 5.75 Å². The van der Waals surface area contributed by atoms with Crippen LogP contribution in [0, 0.1) is 13.8 Å². The maximum absolute atomic E-state index is 14.7. The van der Waals surface area contributed by atoms with Gasteiger partial charge in [-0.15, -0.1) is 0 Å². The molecule has 234 valence electrons. The second kappa shape index (κ2) is 13.0. The van der Waals surface area contributed by atoms with E-state index in [1.807, 2.05) is 74.5 Å². The fraction of sp³-hybridized carbons (Fsp3) is 0.324. The number of hydrogen-bond donors (Lipinski definition) is 3. The van der Waals surface area contributed by atoms with Gasteiger partial charge in [-0.1, -0.05) is 60.7 Å². The highest BCUT2D eigenvalue weighted by molar-refractivity contribution is 6.01. The number of phenols is 1. The predicted octanol–water partition coefficient (Wildman–Crippen LogP) is 6.97. The summed E-state index contributed by atoms with van der Waals surface area (Å²) < 4.78 is 5.54. The van der Waals surface area contributed by atoms with E-state index in [1.54, 1.807) is 49.9 Å². The smallest absolute Gasteiger partial charge is 0.408 e. The number of aryl methyl sites for hydroxylation is 2. The number of phenolic OH excluding ortho intramolecular Hbond substituents is 1. The predicted molar refractivity (Wildman–Crippen MR) is 176 cm³/mol. The van der Waals surface area contributed by atoms with E-state index in [1.165, 1.54) is 0 Å². The van der Waals surface area contributed by atoms with E-state index in [9.17, 15) is 19.5 Å². The van der Waals surface area contributed by atoms with Crippen molar-refractivity contribution in [1.29, 1.82) is 0 Å². The molecule has 1 aliphatic carbocycles. The monoisotopic (exact) mass is 607 g/mol. The largest absolute Gasteiger partial charge is 0.508 e. The zero-order valence-electron chi connectivity index (χ0n) is 26.5. The van der Waals surface area contributed by atoms with Gasteiger partial charge in [-0.2, -0.15) is 0 Å². The minimum Gasteiger partial charge on any atom is -0.508 e. The van der Waals surface area contributed by atoms with Crippen LogP contribution in [0.4, 0.5) is 10.5 Å². The van der Waals surface area contributed by atoms with E-state index in [0.717, 1.165) is 45.9 Å². The number of nitrogens with one attached hydrogen (secondary N) is 2. The quantitative estimate of drug-likeness (QED) is 0.191. The number of carbonyl (C=O) groups is 3. The Morgan fingerprint density at radius 3 is 2.16 bits per heavy atom. The number of anilines is 1. The molecule has 1 fully saturated rings. The van der Waals surface area contributed by atoms with Crippen LogP contribution in [0.3, 0.4) is 0 Å². The number of fused-ring (bicyclic) bond motifs is 1.